The number of aromatic hydroxyl groups is 1. The second-order valence-electron chi connectivity index (χ2n) is 11.1. The number of phenols is 1. The van der Waals surface area contributed by atoms with E-state index in [0.29, 0.717) is 23.3 Å². The summed E-state index contributed by atoms with van der Waals surface area (Å²) < 4.78 is 10.9. The van der Waals surface area contributed by atoms with Crippen LogP contribution in [0, 0.1) is 18.3 Å². The van der Waals surface area contributed by atoms with Crippen molar-refractivity contribution in [3.63, 3.8) is 0 Å². The molecule has 3 unspecified atom stereocenters. The first kappa shape index (κ1) is 27.8. The highest BCUT2D eigenvalue weighted by atomic mass is 16.5. The predicted molar refractivity (Wildman–Crippen MR) is 144 cm³/mol. The van der Waals surface area contributed by atoms with Crippen LogP contribution in [0.2, 0.25) is 0 Å². The van der Waals surface area contributed by atoms with Gasteiger partial charge in [0.15, 0.2) is 23.0 Å². The number of aryl methyl sites for hydroxylation is 1. The van der Waals surface area contributed by atoms with E-state index < -0.39 is 41.9 Å². The predicted octanol–water partition coefficient (Wildman–Crippen LogP) is 0.788. The van der Waals surface area contributed by atoms with Gasteiger partial charge in [0.2, 0.25) is 11.7 Å². The number of nitrogens with two attached hydrogens (primary N) is 1. The molecule has 1 aliphatic carbocycles. The number of hydrogen-bond donors (Lipinski definition) is 3. The Bertz CT molecular complexity index is 1420. The van der Waals surface area contributed by atoms with E-state index in [1.54, 1.807) is 13.8 Å². The minimum absolute atomic E-state index is 0.0256. The van der Waals surface area contributed by atoms with Gasteiger partial charge in [0, 0.05) is 40.9 Å². The number of nitrogens with zero attached hydrogens (tertiary/aromatic N) is 3. The topological polar surface area (TPSA) is 158 Å². The molecule has 4 N–H and O–H groups in total. The summed E-state index contributed by atoms with van der Waals surface area (Å²) in [5, 5.41) is 24.8. The average Bonchev–Trinajstić information content (AvgIpc) is 2.91. The number of nitrogens with one attached hydrogen (secondary N) is 1. The van der Waals surface area contributed by atoms with Crippen molar-refractivity contribution in [2.24, 2.45) is 5.73 Å². The van der Waals surface area contributed by atoms with Crippen LogP contribution in [0.5, 0.6) is 11.5 Å². The van der Waals surface area contributed by atoms with Gasteiger partial charge in [-0.25, -0.2) is 0 Å². The molecule has 4 aliphatic rings. The largest absolute Gasteiger partial charge is 0.504 e. The molecule has 5 rings (SSSR count). The molecule has 3 aliphatic heterocycles. The fraction of sp³-hybridized carbons (Fsp3) is 0.517. The minimum atomic E-state index is -0.787. The van der Waals surface area contributed by atoms with Crippen molar-refractivity contribution in [3.05, 3.63) is 45.2 Å². The Morgan fingerprint density at radius 1 is 1.23 bits per heavy atom. The number of hydrogen-bond acceptors (Lipinski definition) is 10. The van der Waals surface area contributed by atoms with Crippen LogP contribution >= 0.6 is 0 Å². The molecule has 1 aromatic rings. The molecular formula is C29H35N5O6. The van der Waals surface area contributed by atoms with Gasteiger partial charge in [-0.2, -0.15) is 5.26 Å². The standard InChI is InChI=1S/C29H35N5O6/c1-12-7-15-8-17-19(10-30)34-18(23(33(17)4)21(15)25(36)27(12)39-5)9-16-22(20(34)11-32-29(38)14(3)31)26(37)28(40-6)13(2)24(16)35/h7,14,17-20,23,36H,8-9,11,31H2,1-6H3,(H,32,38)/t14?,17?,18?,19-,20-,23+/m0/s1. The minimum Gasteiger partial charge on any atom is -0.504 e. The van der Waals surface area contributed by atoms with E-state index in [1.807, 2.05) is 24.9 Å². The summed E-state index contributed by atoms with van der Waals surface area (Å²) in [5.74, 6) is -0.749. The van der Waals surface area contributed by atoms with Crippen molar-refractivity contribution in [2.45, 2.75) is 69.9 Å². The van der Waals surface area contributed by atoms with E-state index in [1.165, 1.54) is 14.2 Å². The molecule has 0 radical (unpaired) electrons. The van der Waals surface area contributed by atoms with Crippen LogP contribution in [-0.2, 0) is 25.5 Å². The summed E-state index contributed by atoms with van der Waals surface area (Å²) >= 11 is 0. The van der Waals surface area contributed by atoms with Gasteiger partial charge in [-0.05, 0) is 51.8 Å². The summed E-state index contributed by atoms with van der Waals surface area (Å²) in [7, 11) is 4.78. The number of carbonyl (C=O) groups is 3. The third-order valence-electron chi connectivity index (χ3n) is 8.95. The number of phenolic OH excluding ortho intramolecular Hbond substituents is 1. The second kappa shape index (κ2) is 10.0. The summed E-state index contributed by atoms with van der Waals surface area (Å²) in [6.07, 6.45) is 0.670. The molecule has 1 saturated heterocycles. The molecule has 1 fully saturated rings. The number of allylic oxidation sites excluding steroid dienone is 2. The number of likely N-dealkylation sites (N-methyl/N-ethyl adjacent to an activating group) is 1. The van der Waals surface area contributed by atoms with E-state index in [2.05, 4.69) is 16.3 Å². The molecule has 40 heavy (non-hydrogen) atoms. The smallest absolute Gasteiger partial charge is 0.236 e. The highest BCUT2D eigenvalue weighted by Crippen LogP contribution is 2.53. The lowest BCUT2D eigenvalue weighted by molar-refractivity contribution is -0.125. The van der Waals surface area contributed by atoms with Gasteiger partial charge in [-0.1, -0.05) is 6.07 Å². The third-order valence-corrected chi connectivity index (χ3v) is 8.95. The molecule has 3 heterocycles. The highest BCUT2D eigenvalue weighted by molar-refractivity contribution is 6.25. The number of rotatable bonds is 5. The number of ketones is 2. The Morgan fingerprint density at radius 3 is 2.52 bits per heavy atom. The first-order valence-electron chi connectivity index (χ1n) is 13.4. The fourth-order valence-electron chi connectivity index (χ4n) is 7.17. The van der Waals surface area contributed by atoms with Crippen LogP contribution in [0.25, 0.3) is 0 Å². The molecule has 0 aromatic heterocycles. The second-order valence-corrected chi connectivity index (χ2v) is 11.1. The lowest BCUT2D eigenvalue weighted by atomic mass is 9.69. The van der Waals surface area contributed by atoms with Crippen LogP contribution in [0.3, 0.4) is 0 Å². The molecule has 212 valence electrons. The van der Waals surface area contributed by atoms with E-state index in [0.717, 1.165) is 11.1 Å². The van der Waals surface area contributed by atoms with Crippen molar-refractivity contribution < 1.29 is 29.0 Å². The normalized spacial score (nSPS) is 28.8. The van der Waals surface area contributed by atoms with Crippen molar-refractivity contribution in [2.75, 3.05) is 27.8 Å². The summed E-state index contributed by atoms with van der Waals surface area (Å²) in [6, 6.07) is 1.07. The van der Waals surface area contributed by atoms with E-state index >= 15 is 0 Å². The van der Waals surface area contributed by atoms with Crippen LogP contribution in [-0.4, -0.2) is 90.4 Å². The zero-order valence-corrected chi connectivity index (χ0v) is 23.6. The Hall–Kier alpha value is -3.72. The van der Waals surface area contributed by atoms with E-state index in [9.17, 15) is 24.8 Å². The number of methoxy groups -OCH3 is 2. The third kappa shape index (κ3) is 3.85. The van der Waals surface area contributed by atoms with Gasteiger partial charge in [-0.15, -0.1) is 0 Å². The number of nitriles is 1. The van der Waals surface area contributed by atoms with Crippen molar-refractivity contribution in [3.8, 4) is 17.6 Å². The molecule has 1 amide bonds. The molecule has 1 aromatic carbocycles. The number of benzene rings is 1. The molecular weight excluding hydrogens is 514 g/mol. The Balaban J connectivity index is 1.72. The maximum absolute atomic E-state index is 13.8. The Kier molecular flexibility index (Phi) is 6.98. The molecule has 11 nitrogen and oxygen atoms in total. The molecule has 0 spiro atoms. The lowest BCUT2D eigenvalue weighted by Gasteiger charge is -2.60. The van der Waals surface area contributed by atoms with E-state index in [4.69, 9.17) is 15.2 Å². The number of fused-ring (bicyclic) bond motifs is 6. The highest BCUT2D eigenvalue weighted by Gasteiger charge is 2.57. The van der Waals surface area contributed by atoms with Gasteiger partial charge >= 0.3 is 0 Å². The lowest BCUT2D eigenvalue weighted by Crippen LogP contribution is -2.71. The van der Waals surface area contributed by atoms with Crippen molar-refractivity contribution >= 4 is 17.5 Å². The number of piperazine rings is 1. The summed E-state index contributed by atoms with van der Waals surface area (Å²) in [4.78, 5) is 44.1. The maximum Gasteiger partial charge on any atom is 0.236 e. The summed E-state index contributed by atoms with van der Waals surface area (Å²) in [6.45, 7) is 4.97. The Morgan fingerprint density at radius 2 is 1.93 bits per heavy atom. The van der Waals surface area contributed by atoms with Gasteiger partial charge < -0.3 is 25.6 Å². The van der Waals surface area contributed by atoms with Gasteiger partial charge in [0.25, 0.3) is 0 Å². The molecule has 0 saturated carbocycles. The zero-order chi connectivity index (χ0) is 29.2. The van der Waals surface area contributed by atoms with Crippen molar-refractivity contribution in [1.82, 2.24) is 15.1 Å². The van der Waals surface area contributed by atoms with Crippen LogP contribution in [0.4, 0.5) is 0 Å². The number of carbonyl (C=O) groups excluding carboxylic acids is 3. The van der Waals surface area contributed by atoms with Crippen LogP contribution in [0.15, 0.2) is 28.5 Å². The van der Waals surface area contributed by atoms with Gasteiger partial charge in [0.1, 0.15) is 6.04 Å². The SMILES string of the molecule is COC1=C(C)C(=O)C2=C(C1=O)[C@H](CNC(=O)C(C)N)N1C(C2)[C@@H]2c3c(cc(C)c(OC)c3O)CC([C@@H]1C#N)N2C. The maximum atomic E-state index is 13.8. The zero-order valence-electron chi connectivity index (χ0n) is 23.6. The number of Topliss-reactive ketones (excluding diaryl/α,β-unsaturated/α-hetero) is 2. The van der Waals surface area contributed by atoms with Crippen LogP contribution < -0.4 is 15.8 Å². The monoisotopic (exact) mass is 549 g/mol. The first-order chi connectivity index (χ1) is 19.0. The summed E-state index contributed by atoms with van der Waals surface area (Å²) in [5.41, 5.74) is 9.01. The first-order valence-corrected chi connectivity index (χ1v) is 13.4. The molecule has 2 bridgehead atoms. The van der Waals surface area contributed by atoms with E-state index in [-0.39, 0.29) is 47.4 Å². The molecule has 11 heteroatoms. The number of amides is 1. The Labute approximate surface area is 233 Å². The molecule has 6 atom stereocenters. The number of ether oxygens (including phenoxy) is 2. The fourth-order valence-corrected chi connectivity index (χ4v) is 7.17. The van der Waals surface area contributed by atoms with Gasteiger partial charge in [0.05, 0.1) is 38.4 Å². The van der Waals surface area contributed by atoms with Gasteiger partial charge in [-0.3, -0.25) is 24.2 Å². The average molecular weight is 550 g/mol. The quantitative estimate of drug-likeness (QED) is 0.448. The van der Waals surface area contributed by atoms with Crippen molar-refractivity contribution in [1.29, 1.82) is 5.26 Å². The van der Waals surface area contributed by atoms with Crippen LogP contribution in [0.1, 0.15) is 43.0 Å².